The molecule has 0 aliphatic rings. The summed E-state index contributed by atoms with van der Waals surface area (Å²) in [5.41, 5.74) is 0. The topological polar surface area (TPSA) is 72.3 Å². The van der Waals surface area contributed by atoms with Gasteiger partial charge in [-0.2, -0.15) is 48.3 Å². The van der Waals surface area contributed by atoms with Gasteiger partial charge in [-0.1, -0.05) is 0 Å². The number of aliphatic carboxylic acids is 1. The molecule has 0 aliphatic carbocycles. The van der Waals surface area contributed by atoms with E-state index in [0.29, 0.717) is 0 Å². The van der Waals surface area contributed by atoms with Crippen LogP contribution in [0.1, 0.15) is 0 Å². The van der Waals surface area contributed by atoms with E-state index in [4.69, 9.17) is 5.11 Å². The van der Waals surface area contributed by atoms with Crippen molar-refractivity contribution in [3.05, 3.63) is 0 Å². The highest BCUT2D eigenvalue weighted by Crippen LogP contribution is 2.57. The number of halogens is 11. The largest absolute Gasteiger partial charge is 0.477 e. The highest BCUT2D eigenvalue weighted by molar-refractivity contribution is 5.77. The maximum absolute atomic E-state index is 12.4. The zero-order chi connectivity index (χ0) is 16.1. The van der Waals surface area contributed by atoms with Gasteiger partial charge in [0.1, 0.15) is 0 Å². The lowest BCUT2D eigenvalue weighted by molar-refractivity contribution is -0.418. The van der Waals surface area contributed by atoms with Crippen molar-refractivity contribution in [3.63, 3.8) is 0 Å². The molecule has 0 saturated heterocycles. The van der Waals surface area contributed by atoms with E-state index in [-0.39, 0.29) is 6.15 Å². The van der Waals surface area contributed by atoms with Crippen LogP contribution in [0.15, 0.2) is 0 Å². The minimum Gasteiger partial charge on any atom is -0.477 e. The first-order chi connectivity index (χ1) is 7.94. The van der Waals surface area contributed by atoms with Crippen LogP contribution < -0.4 is 6.15 Å². The predicted molar refractivity (Wildman–Crippen MR) is 38.5 cm³/mol. The molecule has 0 radical (unpaired) electrons. The third kappa shape index (κ3) is 2.47. The normalized spacial score (nSPS) is 14.8. The number of rotatable bonds is 4. The summed E-state index contributed by atoms with van der Waals surface area (Å²) in [4.78, 5) is 9.60. The van der Waals surface area contributed by atoms with Gasteiger partial charge in [0, 0.05) is 0 Å². The molecular weight excluding hydrogens is 327 g/mol. The molecule has 122 valence electrons. The summed E-state index contributed by atoms with van der Waals surface area (Å²) in [6, 6.07) is 0. The molecule has 20 heavy (non-hydrogen) atoms. The lowest BCUT2D eigenvalue weighted by atomic mass is 9.98. The summed E-state index contributed by atoms with van der Waals surface area (Å²) in [5, 5.41) is 7.52. The predicted octanol–water partition coefficient (Wildman–Crippen LogP) is 3.34. The van der Waals surface area contributed by atoms with Crippen molar-refractivity contribution < 1.29 is 58.2 Å². The Morgan fingerprint density at radius 3 is 1.15 bits per heavy atom. The number of carbonyl (C=O) groups is 1. The first-order valence-corrected chi connectivity index (χ1v) is 3.76. The van der Waals surface area contributed by atoms with Gasteiger partial charge in [-0.3, -0.25) is 0 Å². The maximum Gasteiger partial charge on any atom is 0.460 e. The second-order valence-electron chi connectivity index (χ2n) is 3.10. The Kier molecular flexibility index (Phi) is 5.13. The fourth-order valence-electron chi connectivity index (χ4n) is 0.707. The quantitative estimate of drug-likeness (QED) is 0.776. The van der Waals surface area contributed by atoms with E-state index in [9.17, 15) is 53.1 Å². The monoisotopic (exact) mass is 331 g/mol. The van der Waals surface area contributed by atoms with Gasteiger partial charge < -0.3 is 11.3 Å². The average molecular weight is 331 g/mol. The molecule has 0 atom stereocenters. The second-order valence-corrected chi connectivity index (χ2v) is 3.10. The fourth-order valence-corrected chi connectivity index (χ4v) is 0.707. The molecule has 0 amide bonds. The SMILES string of the molecule is N.O=C(O)C(F)(F)C(F)(F)C(F)(F)C(F)(F)C(F)(F)F. The van der Waals surface area contributed by atoms with Gasteiger partial charge in [-0.25, -0.2) is 4.79 Å². The first kappa shape index (κ1) is 21.0. The van der Waals surface area contributed by atoms with Gasteiger partial charge in [-0.05, 0) is 0 Å². The molecule has 0 aromatic rings. The van der Waals surface area contributed by atoms with Crippen LogP contribution in [0.25, 0.3) is 0 Å². The molecule has 0 bridgehead atoms. The third-order valence-corrected chi connectivity index (χ3v) is 1.81. The summed E-state index contributed by atoms with van der Waals surface area (Å²) >= 11 is 0. The number of carboxylic acid groups (broad SMARTS) is 1. The van der Waals surface area contributed by atoms with Gasteiger partial charge in [0.15, 0.2) is 0 Å². The van der Waals surface area contributed by atoms with E-state index in [1.165, 1.54) is 0 Å². The van der Waals surface area contributed by atoms with E-state index in [1.807, 2.05) is 0 Å². The minimum absolute atomic E-state index is 0. The molecule has 0 aliphatic heterocycles. The van der Waals surface area contributed by atoms with Crippen molar-refractivity contribution in [2.24, 2.45) is 0 Å². The molecule has 0 saturated carbocycles. The van der Waals surface area contributed by atoms with Gasteiger partial charge >= 0.3 is 35.8 Å². The zero-order valence-corrected chi connectivity index (χ0v) is 8.72. The fraction of sp³-hybridized carbons (Fsp3) is 0.833. The number of hydrogen-bond donors (Lipinski definition) is 2. The van der Waals surface area contributed by atoms with Crippen LogP contribution >= 0.6 is 0 Å². The molecule has 0 unspecified atom stereocenters. The number of carboxylic acids is 1. The Balaban J connectivity index is 0. The highest BCUT2D eigenvalue weighted by Gasteiger charge is 2.88. The molecule has 14 heteroatoms. The van der Waals surface area contributed by atoms with E-state index < -0.39 is 35.8 Å². The summed E-state index contributed by atoms with van der Waals surface area (Å²) < 4.78 is 133. The van der Waals surface area contributed by atoms with E-state index in [0.717, 1.165) is 0 Å². The molecule has 0 spiro atoms. The van der Waals surface area contributed by atoms with Gasteiger partial charge in [-0.15, -0.1) is 0 Å². The minimum atomic E-state index is -7.68. The lowest BCUT2D eigenvalue weighted by Gasteiger charge is -2.35. The molecule has 0 aromatic carbocycles. The highest BCUT2D eigenvalue weighted by atomic mass is 19.4. The van der Waals surface area contributed by atoms with Crippen molar-refractivity contribution in [2.75, 3.05) is 0 Å². The Bertz CT molecular complexity index is 374. The Labute approximate surface area is 101 Å². The van der Waals surface area contributed by atoms with Crippen molar-refractivity contribution in [3.8, 4) is 0 Å². The molecule has 0 aromatic heterocycles. The molecule has 0 heterocycles. The van der Waals surface area contributed by atoms with Crippen LogP contribution in [0.4, 0.5) is 48.3 Å². The van der Waals surface area contributed by atoms with Crippen molar-refractivity contribution >= 4 is 5.97 Å². The summed E-state index contributed by atoms with van der Waals surface area (Å²) in [7, 11) is 0. The standard InChI is InChI=1S/C6HF11O2.H3N/c7-2(8,1(18)19)3(9,10)4(11,12)5(13,14)6(15,16)17;/h(H,18,19);1H3. The van der Waals surface area contributed by atoms with Gasteiger partial charge in [0.25, 0.3) is 0 Å². The van der Waals surface area contributed by atoms with Crippen LogP contribution in [-0.2, 0) is 4.79 Å². The Hall–Kier alpha value is -1.34. The Morgan fingerprint density at radius 2 is 0.950 bits per heavy atom. The van der Waals surface area contributed by atoms with Crippen LogP contribution in [0.5, 0.6) is 0 Å². The first-order valence-electron chi connectivity index (χ1n) is 3.76. The lowest BCUT2D eigenvalue weighted by Crippen LogP contribution is -2.68. The zero-order valence-electron chi connectivity index (χ0n) is 8.72. The van der Waals surface area contributed by atoms with Crippen molar-refractivity contribution in [2.45, 2.75) is 29.9 Å². The van der Waals surface area contributed by atoms with Crippen LogP contribution in [0.2, 0.25) is 0 Å². The molecule has 3 nitrogen and oxygen atoms in total. The van der Waals surface area contributed by atoms with Crippen molar-refractivity contribution in [1.82, 2.24) is 6.15 Å². The average Bonchev–Trinajstić information content (AvgIpc) is 2.14. The smallest absolute Gasteiger partial charge is 0.460 e. The molecule has 0 rings (SSSR count). The van der Waals surface area contributed by atoms with E-state index in [2.05, 4.69) is 0 Å². The molecular formula is C6H4F11NO2. The van der Waals surface area contributed by atoms with E-state index in [1.54, 1.807) is 0 Å². The number of alkyl halides is 11. The van der Waals surface area contributed by atoms with Crippen LogP contribution in [0, 0.1) is 0 Å². The molecule has 4 N–H and O–H groups in total. The third-order valence-electron chi connectivity index (χ3n) is 1.81. The summed E-state index contributed by atoms with van der Waals surface area (Å²) in [6.07, 6.45) is -7.30. The van der Waals surface area contributed by atoms with Crippen LogP contribution in [-0.4, -0.2) is 40.9 Å². The van der Waals surface area contributed by atoms with Crippen molar-refractivity contribution in [1.29, 1.82) is 0 Å². The molecule has 0 fully saturated rings. The van der Waals surface area contributed by atoms with Gasteiger partial charge in [0.2, 0.25) is 0 Å². The van der Waals surface area contributed by atoms with Gasteiger partial charge in [0.05, 0.1) is 0 Å². The second kappa shape index (κ2) is 4.89. The maximum atomic E-state index is 12.4. The Morgan fingerprint density at radius 1 is 0.650 bits per heavy atom. The summed E-state index contributed by atoms with van der Waals surface area (Å²) in [6.45, 7) is 0. The number of hydrogen-bond acceptors (Lipinski definition) is 2. The summed E-state index contributed by atoms with van der Waals surface area (Å²) in [5.74, 6) is -33.6. The van der Waals surface area contributed by atoms with Crippen LogP contribution in [0.3, 0.4) is 0 Å². The van der Waals surface area contributed by atoms with E-state index >= 15 is 0 Å².